The zero-order valence-electron chi connectivity index (χ0n) is 8.44. The molecule has 0 amide bonds. The Kier molecular flexibility index (Phi) is 5.23. The summed E-state index contributed by atoms with van der Waals surface area (Å²) in [5.41, 5.74) is 1.31. The van der Waals surface area contributed by atoms with Crippen molar-refractivity contribution in [2.45, 2.75) is 13.3 Å². The number of benzene rings is 1. The molecule has 0 bridgehead atoms. The van der Waals surface area contributed by atoms with Crippen LogP contribution in [0.5, 0.6) is 5.75 Å². The van der Waals surface area contributed by atoms with Gasteiger partial charge in [-0.1, -0.05) is 31.2 Å². The van der Waals surface area contributed by atoms with E-state index in [0.29, 0.717) is 6.61 Å². The number of thiol groups is 1. The van der Waals surface area contributed by atoms with Crippen molar-refractivity contribution in [3.05, 3.63) is 42.0 Å². The summed E-state index contributed by atoms with van der Waals surface area (Å²) in [6, 6.07) is 8.19. The van der Waals surface area contributed by atoms with Crippen LogP contribution < -0.4 is 4.74 Å². The molecule has 1 rings (SSSR count). The summed E-state index contributed by atoms with van der Waals surface area (Å²) in [5, 5.41) is 0. The van der Waals surface area contributed by atoms with E-state index in [1.165, 1.54) is 5.56 Å². The van der Waals surface area contributed by atoms with Gasteiger partial charge in [-0.25, -0.2) is 0 Å². The van der Waals surface area contributed by atoms with Gasteiger partial charge in [0.15, 0.2) is 0 Å². The highest BCUT2D eigenvalue weighted by molar-refractivity contribution is 7.80. The van der Waals surface area contributed by atoms with E-state index in [4.69, 9.17) is 4.74 Å². The van der Waals surface area contributed by atoms with Crippen molar-refractivity contribution in [1.29, 1.82) is 0 Å². The van der Waals surface area contributed by atoms with Gasteiger partial charge in [0.1, 0.15) is 12.4 Å². The van der Waals surface area contributed by atoms with E-state index in [1.807, 2.05) is 24.3 Å². The molecule has 0 atom stereocenters. The molecule has 0 unspecified atom stereocenters. The van der Waals surface area contributed by atoms with E-state index in [2.05, 4.69) is 31.7 Å². The summed E-state index contributed by atoms with van der Waals surface area (Å²) in [5.74, 6) is 1.70. The lowest BCUT2D eigenvalue weighted by Gasteiger charge is -2.04. The summed E-state index contributed by atoms with van der Waals surface area (Å²) in [4.78, 5) is 0. The maximum Gasteiger partial charge on any atom is 0.120 e. The summed E-state index contributed by atoms with van der Waals surface area (Å²) in [7, 11) is 0. The standard InChI is InChI=1S/C12H16OS/c1-2-11-6-5-7-12(10-11)13-8-3-4-9-14/h3-7,10,14H,2,8-9H2,1H3. The zero-order chi connectivity index (χ0) is 10.2. The third kappa shape index (κ3) is 3.88. The molecule has 0 heterocycles. The molecule has 0 saturated heterocycles. The van der Waals surface area contributed by atoms with Gasteiger partial charge in [-0.15, -0.1) is 0 Å². The number of ether oxygens (including phenoxy) is 1. The first kappa shape index (κ1) is 11.2. The number of aryl methyl sites for hydroxylation is 1. The van der Waals surface area contributed by atoms with Crippen LogP contribution in [0.1, 0.15) is 12.5 Å². The van der Waals surface area contributed by atoms with E-state index >= 15 is 0 Å². The lowest BCUT2D eigenvalue weighted by atomic mass is 10.2. The third-order valence-corrected chi connectivity index (χ3v) is 2.14. The Morgan fingerprint density at radius 3 is 2.93 bits per heavy atom. The number of rotatable bonds is 5. The van der Waals surface area contributed by atoms with Crippen molar-refractivity contribution in [3.63, 3.8) is 0 Å². The molecule has 0 aliphatic rings. The second-order valence-corrected chi connectivity index (χ2v) is 3.33. The van der Waals surface area contributed by atoms with Gasteiger partial charge in [0.05, 0.1) is 0 Å². The van der Waals surface area contributed by atoms with Gasteiger partial charge < -0.3 is 4.74 Å². The van der Waals surface area contributed by atoms with Crippen LogP contribution in [0, 0.1) is 0 Å². The molecule has 1 aromatic carbocycles. The topological polar surface area (TPSA) is 9.23 Å². The fourth-order valence-corrected chi connectivity index (χ4v) is 1.29. The number of hydrogen-bond acceptors (Lipinski definition) is 2. The summed E-state index contributed by atoms with van der Waals surface area (Å²) in [6.45, 7) is 2.76. The zero-order valence-corrected chi connectivity index (χ0v) is 9.34. The molecule has 0 radical (unpaired) electrons. The van der Waals surface area contributed by atoms with Crippen LogP contribution in [-0.2, 0) is 6.42 Å². The molecule has 1 aromatic rings. The third-order valence-electron chi connectivity index (χ3n) is 1.92. The van der Waals surface area contributed by atoms with E-state index in [1.54, 1.807) is 0 Å². The fraction of sp³-hybridized carbons (Fsp3) is 0.333. The molecule has 0 aromatic heterocycles. The maximum absolute atomic E-state index is 5.53. The van der Waals surface area contributed by atoms with Crippen LogP contribution in [-0.4, -0.2) is 12.4 Å². The largest absolute Gasteiger partial charge is 0.490 e. The monoisotopic (exact) mass is 208 g/mol. The van der Waals surface area contributed by atoms with Gasteiger partial charge >= 0.3 is 0 Å². The van der Waals surface area contributed by atoms with Gasteiger partial charge in [0.25, 0.3) is 0 Å². The van der Waals surface area contributed by atoms with Crippen LogP contribution in [0.25, 0.3) is 0 Å². The minimum Gasteiger partial charge on any atom is -0.490 e. The molecule has 76 valence electrons. The minimum atomic E-state index is 0.619. The van der Waals surface area contributed by atoms with Crippen LogP contribution >= 0.6 is 12.6 Å². The average Bonchev–Trinajstić information content (AvgIpc) is 2.25. The van der Waals surface area contributed by atoms with E-state index in [9.17, 15) is 0 Å². The Labute approximate surface area is 91.2 Å². The maximum atomic E-state index is 5.53. The van der Waals surface area contributed by atoms with Crippen LogP contribution in [0.3, 0.4) is 0 Å². The van der Waals surface area contributed by atoms with Crippen molar-refractivity contribution >= 4 is 12.6 Å². The molecule has 1 nitrogen and oxygen atoms in total. The molecule has 2 heteroatoms. The Bertz CT molecular complexity index is 294. The first-order valence-electron chi connectivity index (χ1n) is 4.84. The van der Waals surface area contributed by atoms with Crippen molar-refractivity contribution in [3.8, 4) is 5.75 Å². The van der Waals surface area contributed by atoms with E-state index in [0.717, 1.165) is 17.9 Å². The van der Waals surface area contributed by atoms with Gasteiger partial charge in [-0.2, -0.15) is 12.6 Å². The van der Waals surface area contributed by atoms with Gasteiger partial charge in [-0.3, -0.25) is 0 Å². The smallest absolute Gasteiger partial charge is 0.120 e. The Morgan fingerprint density at radius 1 is 1.36 bits per heavy atom. The second kappa shape index (κ2) is 6.55. The fourth-order valence-electron chi connectivity index (χ4n) is 1.14. The van der Waals surface area contributed by atoms with Crippen molar-refractivity contribution < 1.29 is 4.74 Å². The highest BCUT2D eigenvalue weighted by atomic mass is 32.1. The summed E-state index contributed by atoms with van der Waals surface area (Å²) >= 11 is 4.07. The molecule has 0 spiro atoms. The Morgan fingerprint density at radius 2 is 2.21 bits per heavy atom. The SMILES string of the molecule is CCc1cccc(OCC=CCS)c1. The lowest BCUT2D eigenvalue weighted by Crippen LogP contribution is -1.94. The van der Waals surface area contributed by atoms with Crippen molar-refractivity contribution in [1.82, 2.24) is 0 Å². The van der Waals surface area contributed by atoms with Crippen LogP contribution in [0.2, 0.25) is 0 Å². The first-order chi connectivity index (χ1) is 6.86. The van der Waals surface area contributed by atoms with Crippen LogP contribution in [0.15, 0.2) is 36.4 Å². The van der Waals surface area contributed by atoms with Gasteiger partial charge in [0, 0.05) is 5.75 Å². The predicted molar refractivity (Wildman–Crippen MR) is 64.3 cm³/mol. The van der Waals surface area contributed by atoms with Crippen molar-refractivity contribution in [2.24, 2.45) is 0 Å². The Balaban J connectivity index is 2.46. The molecular weight excluding hydrogens is 192 g/mol. The lowest BCUT2D eigenvalue weighted by molar-refractivity contribution is 0.362. The first-order valence-corrected chi connectivity index (χ1v) is 5.47. The van der Waals surface area contributed by atoms with E-state index in [-0.39, 0.29) is 0 Å². The molecular formula is C12H16OS. The minimum absolute atomic E-state index is 0.619. The van der Waals surface area contributed by atoms with Crippen LogP contribution in [0.4, 0.5) is 0 Å². The molecule has 0 fully saturated rings. The average molecular weight is 208 g/mol. The quantitative estimate of drug-likeness (QED) is 0.578. The highest BCUT2D eigenvalue weighted by Gasteiger charge is 1.93. The molecule has 0 N–H and O–H groups in total. The van der Waals surface area contributed by atoms with Crippen molar-refractivity contribution in [2.75, 3.05) is 12.4 Å². The molecule has 14 heavy (non-hydrogen) atoms. The molecule has 0 saturated carbocycles. The molecule has 0 aliphatic carbocycles. The normalized spacial score (nSPS) is 10.7. The number of hydrogen-bond donors (Lipinski definition) is 1. The summed E-state index contributed by atoms with van der Waals surface area (Å²) in [6.07, 6.45) is 5.00. The second-order valence-electron chi connectivity index (χ2n) is 2.97. The van der Waals surface area contributed by atoms with E-state index < -0.39 is 0 Å². The predicted octanol–water partition coefficient (Wildman–Crippen LogP) is 3.11. The highest BCUT2D eigenvalue weighted by Crippen LogP contribution is 2.13. The Hall–Kier alpha value is -0.890. The van der Waals surface area contributed by atoms with Gasteiger partial charge in [-0.05, 0) is 24.1 Å². The molecule has 0 aliphatic heterocycles. The van der Waals surface area contributed by atoms with Gasteiger partial charge in [0.2, 0.25) is 0 Å². The summed E-state index contributed by atoms with van der Waals surface area (Å²) < 4.78 is 5.53.